The number of fused-ring (bicyclic) bond motifs is 2. The highest BCUT2D eigenvalue weighted by atomic mass is 35.5. The van der Waals surface area contributed by atoms with Crippen LogP contribution in [0.1, 0.15) is 35.7 Å². The first-order valence-electron chi connectivity index (χ1n) is 9.50. The Morgan fingerprint density at radius 1 is 1.21 bits per heavy atom. The van der Waals surface area contributed by atoms with Gasteiger partial charge in [0.1, 0.15) is 5.82 Å². The third kappa shape index (κ3) is 3.14. The van der Waals surface area contributed by atoms with Gasteiger partial charge in [0.25, 0.3) is 0 Å². The number of rotatable bonds is 3. The molecule has 28 heavy (non-hydrogen) atoms. The number of hydrogen-bond donors (Lipinski definition) is 1. The molecule has 2 aliphatic heterocycles. The topological polar surface area (TPSA) is 77.9 Å². The molecule has 0 amide bonds. The number of likely N-dealkylation sites (tertiary alicyclic amines) is 1. The summed E-state index contributed by atoms with van der Waals surface area (Å²) in [6.45, 7) is 4.93. The first kappa shape index (κ1) is 17.6. The number of nitrogens with two attached hydrogens (primary N) is 1. The van der Waals surface area contributed by atoms with Crippen LogP contribution < -0.4 is 15.2 Å². The van der Waals surface area contributed by atoms with Gasteiger partial charge in [0.15, 0.2) is 17.1 Å². The van der Waals surface area contributed by atoms with Gasteiger partial charge in [0.05, 0.1) is 11.4 Å². The van der Waals surface area contributed by atoms with E-state index in [1.165, 1.54) is 0 Å². The number of aryl methyl sites for hydroxylation is 1. The fourth-order valence-corrected chi connectivity index (χ4v) is 4.32. The van der Waals surface area contributed by atoms with Crippen LogP contribution in [-0.4, -0.2) is 39.4 Å². The van der Waals surface area contributed by atoms with Crippen LogP contribution in [0.25, 0.3) is 5.65 Å². The van der Waals surface area contributed by atoms with Crippen molar-refractivity contribution >= 4 is 23.1 Å². The molecule has 8 heteroatoms. The molecule has 3 aromatic rings. The van der Waals surface area contributed by atoms with Gasteiger partial charge in [-0.2, -0.15) is 9.61 Å². The number of ether oxygens (including phenoxy) is 2. The summed E-state index contributed by atoms with van der Waals surface area (Å²) < 4.78 is 12.6. The van der Waals surface area contributed by atoms with E-state index in [0.717, 1.165) is 60.8 Å². The number of piperidine rings is 1. The molecule has 1 aromatic carbocycles. The molecule has 7 nitrogen and oxygen atoms in total. The average molecular weight is 400 g/mol. The SMILES string of the molecule is Cc1cc2nc(C3CCCN(Cc4cc5c(cc4Cl)OCO5)C3)cc(N)n2n1. The quantitative estimate of drug-likeness (QED) is 0.727. The number of aromatic nitrogens is 3. The van der Waals surface area contributed by atoms with Crippen molar-refractivity contribution in [3.8, 4) is 11.5 Å². The van der Waals surface area contributed by atoms with Gasteiger partial charge in [0.2, 0.25) is 6.79 Å². The summed E-state index contributed by atoms with van der Waals surface area (Å²) in [7, 11) is 0. The Bertz CT molecular complexity index is 1050. The molecule has 0 bridgehead atoms. The van der Waals surface area contributed by atoms with Crippen LogP contribution in [0.4, 0.5) is 5.82 Å². The van der Waals surface area contributed by atoms with E-state index >= 15 is 0 Å². The van der Waals surface area contributed by atoms with E-state index in [1.54, 1.807) is 4.52 Å². The smallest absolute Gasteiger partial charge is 0.231 e. The van der Waals surface area contributed by atoms with Gasteiger partial charge in [-0.3, -0.25) is 4.90 Å². The van der Waals surface area contributed by atoms with Crippen molar-refractivity contribution in [2.75, 3.05) is 25.6 Å². The molecular formula is C20H22ClN5O2. The van der Waals surface area contributed by atoms with Gasteiger partial charge in [-0.25, -0.2) is 4.98 Å². The van der Waals surface area contributed by atoms with Crippen LogP contribution in [0.3, 0.4) is 0 Å². The van der Waals surface area contributed by atoms with E-state index in [1.807, 2.05) is 31.2 Å². The minimum Gasteiger partial charge on any atom is -0.454 e. The van der Waals surface area contributed by atoms with Crippen molar-refractivity contribution in [2.45, 2.75) is 32.2 Å². The molecule has 5 rings (SSSR count). The summed E-state index contributed by atoms with van der Waals surface area (Å²) in [6, 6.07) is 7.76. The number of halogens is 1. The molecule has 2 aliphatic rings. The van der Waals surface area contributed by atoms with Crippen LogP contribution in [-0.2, 0) is 6.54 Å². The number of hydrogen-bond acceptors (Lipinski definition) is 6. The Labute approximate surface area is 168 Å². The highest BCUT2D eigenvalue weighted by Crippen LogP contribution is 2.38. The van der Waals surface area contributed by atoms with Gasteiger partial charge >= 0.3 is 0 Å². The fourth-order valence-electron chi connectivity index (χ4n) is 4.10. The molecule has 0 spiro atoms. The summed E-state index contributed by atoms with van der Waals surface area (Å²) in [5, 5.41) is 5.10. The lowest BCUT2D eigenvalue weighted by Gasteiger charge is -2.32. The number of nitrogen functional groups attached to an aromatic ring is 1. The largest absolute Gasteiger partial charge is 0.454 e. The van der Waals surface area contributed by atoms with Gasteiger partial charge in [-0.1, -0.05) is 11.6 Å². The molecule has 1 atom stereocenters. The summed E-state index contributed by atoms with van der Waals surface area (Å²) in [5.41, 5.74) is 10.0. The molecule has 1 saturated heterocycles. The molecule has 2 aromatic heterocycles. The second-order valence-electron chi connectivity index (χ2n) is 7.53. The van der Waals surface area contributed by atoms with Crippen molar-refractivity contribution in [2.24, 2.45) is 0 Å². The van der Waals surface area contributed by atoms with E-state index in [-0.39, 0.29) is 6.79 Å². The Balaban J connectivity index is 1.37. The summed E-state index contributed by atoms with van der Waals surface area (Å²) in [4.78, 5) is 7.24. The van der Waals surface area contributed by atoms with Gasteiger partial charge in [-0.15, -0.1) is 0 Å². The predicted octanol–water partition coefficient (Wildman–Crippen LogP) is 3.38. The lowest BCUT2D eigenvalue weighted by atomic mass is 9.94. The zero-order valence-corrected chi connectivity index (χ0v) is 16.4. The molecular weight excluding hydrogens is 378 g/mol. The molecule has 1 fully saturated rings. The number of anilines is 1. The monoisotopic (exact) mass is 399 g/mol. The maximum absolute atomic E-state index is 6.47. The van der Waals surface area contributed by atoms with Crippen molar-refractivity contribution in [3.63, 3.8) is 0 Å². The van der Waals surface area contributed by atoms with Gasteiger partial charge in [0, 0.05) is 42.2 Å². The summed E-state index contributed by atoms with van der Waals surface area (Å²) in [6.07, 6.45) is 2.21. The highest BCUT2D eigenvalue weighted by molar-refractivity contribution is 6.31. The van der Waals surface area contributed by atoms with Crippen LogP contribution in [0, 0.1) is 6.92 Å². The molecule has 0 saturated carbocycles. The zero-order chi connectivity index (χ0) is 19.3. The third-order valence-electron chi connectivity index (χ3n) is 5.46. The second-order valence-corrected chi connectivity index (χ2v) is 7.94. The van der Waals surface area contributed by atoms with Gasteiger partial charge in [-0.05, 0) is 37.9 Å². The Morgan fingerprint density at radius 2 is 2.04 bits per heavy atom. The number of benzene rings is 1. The van der Waals surface area contributed by atoms with Crippen LogP contribution >= 0.6 is 11.6 Å². The van der Waals surface area contributed by atoms with E-state index in [4.69, 9.17) is 31.8 Å². The maximum atomic E-state index is 6.47. The third-order valence-corrected chi connectivity index (χ3v) is 5.81. The molecule has 0 aliphatic carbocycles. The van der Waals surface area contributed by atoms with Crippen LogP contribution in [0.5, 0.6) is 11.5 Å². The molecule has 4 heterocycles. The van der Waals surface area contributed by atoms with E-state index in [0.29, 0.717) is 22.5 Å². The summed E-state index contributed by atoms with van der Waals surface area (Å²) in [5.74, 6) is 2.45. The standard InChI is InChI=1S/C20H22ClN5O2/c1-12-5-20-23-16(8-19(22)26(20)24-12)13-3-2-4-25(9-13)10-14-6-17-18(7-15(14)21)28-11-27-17/h5-8,13H,2-4,9-11,22H2,1H3. The normalized spacial score (nSPS) is 19.4. The lowest BCUT2D eigenvalue weighted by molar-refractivity contribution is 0.173. The zero-order valence-electron chi connectivity index (χ0n) is 15.7. The Hall–Kier alpha value is -2.51. The molecule has 0 radical (unpaired) electrons. The van der Waals surface area contributed by atoms with Crippen molar-refractivity contribution < 1.29 is 9.47 Å². The first-order valence-corrected chi connectivity index (χ1v) is 9.88. The van der Waals surface area contributed by atoms with Crippen molar-refractivity contribution in [3.05, 3.63) is 46.2 Å². The highest BCUT2D eigenvalue weighted by Gasteiger charge is 2.25. The Kier molecular flexibility index (Phi) is 4.29. The molecule has 1 unspecified atom stereocenters. The summed E-state index contributed by atoms with van der Waals surface area (Å²) >= 11 is 6.47. The fraction of sp³-hybridized carbons (Fsp3) is 0.400. The van der Waals surface area contributed by atoms with Crippen LogP contribution in [0.2, 0.25) is 5.02 Å². The van der Waals surface area contributed by atoms with Crippen molar-refractivity contribution in [1.29, 1.82) is 0 Å². The first-order chi connectivity index (χ1) is 13.6. The van der Waals surface area contributed by atoms with Crippen molar-refractivity contribution in [1.82, 2.24) is 19.5 Å². The van der Waals surface area contributed by atoms with E-state index in [9.17, 15) is 0 Å². The van der Waals surface area contributed by atoms with E-state index < -0.39 is 0 Å². The van der Waals surface area contributed by atoms with Gasteiger partial charge < -0.3 is 15.2 Å². The van der Waals surface area contributed by atoms with Crippen LogP contribution in [0.15, 0.2) is 24.3 Å². The average Bonchev–Trinajstić information content (AvgIpc) is 3.27. The number of nitrogens with zero attached hydrogens (tertiary/aromatic N) is 4. The second kappa shape index (κ2) is 6.83. The Morgan fingerprint density at radius 3 is 2.89 bits per heavy atom. The van der Waals surface area contributed by atoms with E-state index in [2.05, 4.69) is 10.00 Å². The molecule has 2 N–H and O–H groups in total. The lowest BCUT2D eigenvalue weighted by Crippen LogP contribution is -2.34. The molecule has 146 valence electrons. The predicted molar refractivity (Wildman–Crippen MR) is 107 cm³/mol. The maximum Gasteiger partial charge on any atom is 0.231 e. The minimum absolute atomic E-state index is 0.255. The minimum atomic E-state index is 0.255.